The van der Waals surface area contributed by atoms with E-state index in [9.17, 15) is 24.0 Å². The highest BCUT2D eigenvalue weighted by Gasteiger charge is 2.56. The number of hydrogen-bond donors (Lipinski definition) is 0. The zero-order valence-electron chi connectivity index (χ0n) is 21.0. The van der Waals surface area contributed by atoms with Crippen molar-refractivity contribution in [3.05, 3.63) is 38.7 Å². The first-order chi connectivity index (χ1) is 18.3. The van der Waals surface area contributed by atoms with Crippen LogP contribution < -0.4 is 0 Å². The molecule has 0 radical (unpaired) electrons. The number of carbonyl (C=O) groups excluding carboxylic acids is 5. The molecule has 0 bridgehead atoms. The third-order valence-corrected chi connectivity index (χ3v) is 7.31. The first kappa shape index (κ1) is 30.8. The Kier molecular flexibility index (Phi) is 10.4. The average molecular weight is 620 g/mol. The maximum Gasteiger partial charge on any atom is 0.303 e. The van der Waals surface area contributed by atoms with Gasteiger partial charge in [-0.15, -0.1) is 0 Å². The van der Waals surface area contributed by atoms with Crippen LogP contribution in [0.3, 0.4) is 0 Å². The molecule has 39 heavy (non-hydrogen) atoms. The number of rotatable bonds is 7. The molecule has 0 N–H and O–H groups in total. The van der Waals surface area contributed by atoms with Crippen molar-refractivity contribution < 1.29 is 47.7 Å². The molecule has 0 aliphatic carbocycles. The lowest BCUT2D eigenvalue weighted by Gasteiger charge is -2.46. The van der Waals surface area contributed by atoms with E-state index < -0.39 is 67.0 Å². The van der Waals surface area contributed by atoms with E-state index in [0.717, 1.165) is 44.4 Å². The second kappa shape index (κ2) is 13.1. The molecule has 2 heterocycles. The maximum absolute atomic E-state index is 13.6. The Hall–Kier alpha value is -2.71. The van der Waals surface area contributed by atoms with E-state index in [1.165, 1.54) is 6.08 Å². The van der Waals surface area contributed by atoms with E-state index in [1.807, 2.05) is 0 Å². The zero-order valence-corrected chi connectivity index (χ0v) is 24.2. The predicted octanol–water partition coefficient (Wildman–Crippen LogP) is 3.28. The summed E-state index contributed by atoms with van der Waals surface area (Å²) in [5.74, 6) is -3.72. The number of ether oxygens (including phenoxy) is 5. The van der Waals surface area contributed by atoms with Crippen LogP contribution in [0.2, 0.25) is 10.0 Å². The van der Waals surface area contributed by atoms with Crippen LogP contribution in [0.1, 0.15) is 33.3 Å². The second-order valence-electron chi connectivity index (χ2n) is 8.28. The number of benzene rings is 1. The Bertz CT molecular complexity index is 1220. The third kappa shape index (κ3) is 7.48. The van der Waals surface area contributed by atoms with Crippen molar-refractivity contribution in [2.45, 2.75) is 58.3 Å². The highest BCUT2D eigenvalue weighted by atomic mass is 35.5. The topological polar surface area (TPSA) is 135 Å². The van der Waals surface area contributed by atoms with Gasteiger partial charge in [-0.1, -0.05) is 53.2 Å². The van der Waals surface area contributed by atoms with Crippen LogP contribution in [-0.2, 0) is 47.7 Å². The van der Waals surface area contributed by atoms with Gasteiger partial charge in [0.05, 0.1) is 4.91 Å². The summed E-state index contributed by atoms with van der Waals surface area (Å²) in [5, 5.41) is 0.583. The van der Waals surface area contributed by atoms with Gasteiger partial charge in [0.15, 0.2) is 28.9 Å². The normalized spacial score (nSPS) is 25.8. The lowest BCUT2D eigenvalue weighted by molar-refractivity contribution is -0.268. The van der Waals surface area contributed by atoms with Crippen molar-refractivity contribution in [3.8, 4) is 0 Å². The molecule has 5 unspecified atom stereocenters. The summed E-state index contributed by atoms with van der Waals surface area (Å²) in [6.07, 6.45) is -5.58. The molecule has 11 nitrogen and oxygen atoms in total. The zero-order chi connectivity index (χ0) is 29.0. The fraction of sp³-hybridized carbons (Fsp3) is 0.417. The van der Waals surface area contributed by atoms with E-state index in [4.69, 9.17) is 59.1 Å². The SMILES string of the molecule is CC(=O)OCC1OC(N2C(=O)/C(=C/c3c(Cl)cccc3Cl)SC2=S)C(OC(C)=O)C(OC(C)=O)C1OC(C)=O. The van der Waals surface area contributed by atoms with Crippen molar-refractivity contribution in [1.29, 1.82) is 0 Å². The summed E-state index contributed by atoms with van der Waals surface area (Å²) < 4.78 is 27.3. The average Bonchev–Trinajstić information content (AvgIpc) is 3.09. The van der Waals surface area contributed by atoms with Gasteiger partial charge in [-0.25, -0.2) is 0 Å². The van der Waals surface area contributed by atoms with Gasteiger partial charge >= 0.3 is 23.9 Å². The van der Waals surface area contributed by atoms with Crippen molar-refractivity contribution in [1.82, 2.24) is 4.90 Å². The monoisotopic (exact) mass is 619 g/mol. The summed E-state index contributed by atoms with van der Waals surface area (Å²) in [6, 6.07) is 4.84. The number of halogens is 2. The summed E-state index contributed by atoms with van der Waals surface area (Å²) in [5.41, 5.74) is 0.378. The lowest BCUT2D eigenvalue weighted by atomic mass is 9.96. The van der Waals surface area contributed by atoms with Crippen molar-refractivity contribution in [2.24, 2.45) is 0 Å². The van der Waals surface area contributed by atoms with Crippen LogP contribution in [0.4, 0.5) is 0 Å². The molecule has 5 atom stereocenters. The fourth-order valence-electron chi connectivity index (χ4n) is 3.89. The predicted molar refractivity (Wildman–Crippen MR) is 143 cm³/mol. The first-order valence-corrected chi connectivity index (χ1v) is 13.3. The Morgan fingerprint density at radius 3 is 2.03 bits per heavy atom. The number of esters is 4. The highest BCUT2D eigenvalue weighted by Crippen LogP contribution is 2.40. The number of amides is 1. The van der Waals surface area contributed by atoms with Crippen LogP contribution >= 0.6 is 47.2 Å². The van der Waals surface area contributed by atoms with Gasteiger partial charge in [0.1, 0.15) is 12.7 Å². The molecule has 1 aromatic carbocycles. The minimum absolute atomic E-state index is 0.00956. The Morgan fingerprint density at radius 2 is 1.49 bits per heavy atom. The largest absolute Gasteiger partial charge is 0.463 e. The molecule has 210 valence electrons. The molecule has 0 saturated carbocycles. The summed E-state index contributed by atoms with van der Waals surface area (Å²) >= 11 is 18.9. The molecule has 1 amide bonds. The molecule has 15 heteroatoms. The minimum Gasteiger partial charge on any atom is -0.463 e. The molecule has 2 aliphatic heterocycles. The second-order valence-corrected chi connectivity index (χ2v) is 10.8. The van der Waals surface area contributed by atoms with Gasteiger partial charge in [-0.05, 0) is 18.2 Å². The van der Waals surface area contributed by atoms with Crippen LogP contribution in [0, 0.1) is 0 Å². The van der Waals surface area contributed by atoms with Gasteiger partial charge in [-0.3, -0.25) is 28.9 Å². The number of carbonyl (C=O) groups is 5. The van der Waals surface area contributed by atoms with Crippen molar-refractivity contribution in [3.63, 3.8) is 0 Å². The number of thioether (sulfide) groups is 1. The van der Waals surface area contributed by atoms with E-state index >= 15 is 0 Å². The van der Waals surface area contributed by atoms with Gasteiger partial charge in [0.2, 0.25) is 0 Å². The quantitative estimate of drug-likeness (QED) is 0.192. The molecule has 2 fully saturated rings. The molecule has 2 aliphatic rings. The third-order valence-electron chi connectivity index (χ3n) is 5.32. The summed E-state index contributed by atoms with van der Waals surface area (Å²) in [4.78, 5) is 62.4. The van der Waals surface area contributed by atoms with E-state index in [2.05, 4.69) is 0 Å². The van der Waals surface area contributed by atoms with Crippen molar-refractivity contribution in [2.75, 3.05) is 6.61 Å². The fourth-order valence-corrected chi connectivity index (χ4v) is 5.69. The van der Waals surface area contributed by atoms with E-state index in [1.54, 1.807) is 18.2 Å². The molecule has 1 aromatic rings. The van der Waals surface area contributed by atoms with Gasteiger partial charge in [0, 0.05) is 43.3 Å². The number of hydrogen-bond acceptors (Lipinski definition) is 12. The van der Waals surface area contributed by atoms with Gasteiger partial charge in [0.25, 0.3) is 5.91 Å². The molecule has 0 spiro atoms. The molecule has 0 aromatic heterocycles. The van der Waals surface area contributed by atoms with Crippen molar-refractivity contribution >= 4 is 87.4 Å². The Labute approximate surface area is 243 Å². The van der Waals surface area contributed by atoms with Crippen LogP contribution in [-0.4, -0.2) is 76.3 Å². The van der Waals surface area contributed by atoms with E-state index in [0.29, 0.717) is 15.6 Å². The first-order valence-electron chi connectivity index (χ1n) is 11.3. The maximum atomic E-state index is 13.6. The minimum atomic E-state index is -1.49. The van der Waals surface area contributed by atoms with Gasteiger partial charge < -0.3 is 23.7 Å². The Morgan fingerprint density at radius 1 is 0.949 bits per heavy atom. The smallest absolute Gasteiger partial charge is 0.303 e. The van der Waals surface area contributed by atoms with Crippen LogP contribution in [0.15, 0.2) is 23.1 Å². The number of thiocarbonyl (C=S) groups is 1. The molecule has 2 saturated heterocycles. The highest BCUT2D eigenvalue weighted by molar-refractivity contribution is 8.26. The molecular formula is C24H23Cl2NO10S2. The molecule has 3 rings (SSSR count). The van der Waals surface area contributed by atoms with Crippen LogP contribution in [0.25, 0.3) is 6.08 Å². The van der Waals surface area contributed by atoms with E-state index in [-0.39, 0.29) is 9.23 Å². The molecular weight excluding hydrogens is 597 g/mol. The standard InChI is InChI=1S/C24H23Cl2NO10S2/c1-10(28)33-9-17-19(34-11(2)29)20(35-12(3)30)21(36-13(4)31)23(37-17)27-22(32)18(39-24(27)38)8-14-15(25)6-5-7-16(14)26/h5-8,17,19-21,23H,9H2,1-4H3/b18-8-. The number of nitrogens with zero attached hydrogens (tertiary/aromatic N) is 1. The van der Waals surface area contributed by atoms with Crippen LogP contribution in [0.5, 0.6) is 0 Å². The lowest BCUT2D eigenvalue weighted by Crippen LogP contribution is -2.66. The Balaban J connectivity index is 2.08. The summed E-state index contributed by atoms with van der Waals surface area (Å²) in [7, 11) is 0. The summed E-state index contributed by atoms with van der Waals surface area (Å²) in [6.45, 7) is 3.99. The van der Waals surface area contributed by atoms with Gasteiger partial charge in [-0.2, -0.15) is 0 Å².